The largest absolute Gasteiger partial charge is 0.497 e. The molecule has 0 spiro atoms. The van der Waals surface area contributed by atoms with Gasteiger partial charge in [-0.3, -0.25) is 30.1 Å². The van der Waals surface area contributed by atoms with E-state index in [-0.39, 0.29) is 29.9 Å². The van der Waals surface area contributed by atoms with Gasteiger partial charge in [-0.2, -0.15) is 0 Å². The lowest BCUT2D eigenvalue weighted by Crippen LogP contribution is -2.42. The monoisotopic (exact) mass is 541 g/mol. The van der Waals surface area contributed by atoms with Crippen molar-refractivity contribution in [2.75, 3.05) is 19.4 Å². The molecule has 9 nitrogen and oxygen atoms in total. The zero-order valence-corrected chi connectivity index (χ0v) is 21.7. The van der Waals surface area contributed by atoms with Crippen LogP contribution in [0.2, 0.25) is 0 Å². The highest BCUT2D eigenvalue weighted by molar-refractivity contribution is 8.26. The number of fused-ring (bicyclic) bond motifs is 1. The van der Waals surface area contributed by atoms with Crippen molar-refractivity contribution in [2.45, 2.75) is 18.0 Å². The third kappa shape index (κ3) is 6.65. The van der Waals surface area contributed by atoms with Gasteiger partial charge in [0.1, 0.15) is 10.1 Å². The van der Waals surface area contributed by atoms with Crippen LogP contribution < -0.4 is 15.6 Å². The second-order valence-electron chi connectivity index (χ2n) is 7.66. The lowest BCUT2D eigenvalue weighted by molar-refractivity contribution is -0.128. The Morgan fingerprint density at radius 3 is 2.81 bits per heavy atom. The number of thiocarbonyl (C=S) groups is 1. The number of H-pyrrole nitrogens is 1. The van der Waals surface area contributed by atoms with E-state index in [1.807, 2.05) is 48.5 Å². The number of methoxy groups -OCH3 is 1. The molecule has 3 N–H and O–H groups in total. The molecule has 1 aliphatic rings. The summed E-state index contributed by atoms with van der Waals surface area (Å²) in [6.07, 6.45) is 2.30. The number of ether oxygens (including phenoxy) is 1. The molecule has 1 saturated heterocycles. The maximum Gasteiger partial charge on any atom is 0.266 e. The van der Waals surface area contributed by atoms with Crippen molar-refractivity contribution in [1.29, 1.82) is 0 Å². The van der Waals surface area contributed by atoms with Crippen molar-refractivity contribution >= 4 is 74.9 Å². The molecule has 0 aliphatic carbocycles. The molecule has 4 rings (SSSR count). The Bertz CT molecular complexity index is 1310. The number of nitrogens with zero attached hydrogens (tertiary/aromatic N) is 2. The van der Waals surface area contributed by atoms with Crippen molar-refractivity contribution in [2.24, 2.45) is 0 Å². The van der Waals surface area contributed by atoms with Crippen LogP contribution in [0, 0.1) is 0 Å². The first-order valence-electron chi connectivity index (χ1n) is 11.0. The van der Waals surface area contributed by atoms with E-state index in [4.69, 9.17) is 17.0 Å². The average molecular weight is 542 g/mol. The van der Waals surface area contributed by atoms with Crippen LogP contribution in [-0.2, 0) is 14.4 Å². The highest BCUT2D eigenvalue weighted by Gasteiger charge is 2.31. The molecule has 186 valence electrons. The molecule has 0 radical (unpaired) electrons. The first-order chi connectivity index (χ1) is 17.4. The standard InChI is InChI=1S/C24H23N5O4S3/c1-33-16-7-4-6-15(12-16)13-19-22(32)29(24(34)36-19)11-5-10-20(30)27-28-21(31)14-35-23-25-17-8-2-3-9-18(17)26-23/h2-4,6-9,12-13H,5,10-11,14H2,1H3,(H,25,26)(H,27,30)(H,28,31)/b19-13+. The second kappa shape index (κ2) is 12.1. The van der Waals surface area contributed by atoms with Crippen LogP contribution in [0.1, 0.15) is 18.4 Å². The molecule has 2 heterocycles. The predicted octanol–water partition coefficient (Wildman–Crippen LogP) is 3.49. The summed E-state index contributed by atoms with van der Waals surface area (Å²) < 4.78 is 5.67. The van der Waals surface area contributed by atoms with Crippen LogP contribution in [0.25, 0.3) is 17.1 Å². The number of aromatic nitrogens is 2. The molecule has 3 aromatic rings. The molecule has 1 fully saturated rings. The van der Waals surface area contributed by atoms with Crippen LogP contribution in [0.5, 0.6) is 5.75 Å². The number of hydrogen-bond donors (Lipinski definition) is 3. The third-order valence-corrected chi connectivity index (χ3v) is 7.35. The molecule has 12 heteroatoms. The molecule has 1 aromatic heterocycles. The topological polar surface area (TPSA) is 116 Å². The van der Waals surface area contributed by atoms with Gasteiger partial charge in [-0.25, -0.2) is 4.98 Å². The number of rotatable bonds is 9. The van der Waals surface area contributed by atoms with Crippen molar-refractivity contribution in [3.8, 4) is 5.75 Å². The zero-order valence-electron chi connectivity index (χ0n) is 19.3. The number of para-hydroxylation sites is 2. The third-order valence-electron chi connectivity index (χ3n) is 5.10. The molecule has 3 amide bonds. The Labute approximate surface area is 221 Å². The van der Waals surface area contributed by atoms with E-state index in [0.29, 0.717) is 33.1 Å². The van der Waals surface area contributed by atoms with Crippen LogP contribution in [-0.4, -0.2) is 56.3 Å². The van der Waals surface area contributed by atoms with Crippen molar-refractivity contribution in [3.63, 3.8) is 0 Å². The number of hydrogen-bond acceptors (Lipinski definition) is 8. The maximum atomic E-state index is 12.8. The molecule has 36 heavy (non-hydrogen) atoms. The SMILES string of the molecule is COc1cccc(/C=C2/SC(=S)N(CCCC(=O)NNC(=O)CSc3nc4ccccc4[nH]3)C2=O)c1. The minimum absolute atomic E-state index is 0.0935. The Kier molecular flexibility index (Phi) is 8.62. The first kappa shape index (κ1) is 25.7. The predicted molar refractivity (Wildman–Crippen MR) is 145 cm³/mol. The molecule has 0 atom stereocenters. The Hall–Kier alpha value is -3.35. The van der Waals surface area contributed by atoms with Gasteiger partial charge < -0.3 is 9.72 Å². The summed E-state index contributed by atoms with van der Waals surface area (Å²) in [5.41, 5.74) is 7.35. The minimum Gasteiger partial charge on any atom is -0.497 e. The Morgan fingerprint density at radius 1 is 1.19 bits per heavy atom. The fourth-order valence-corrected chi connectivity index (χ4v) is 5.34. The van der Waals surface area contributed by atoms with Gasteiger partial charge in [0.15, 0.2) is 5.16 Å². The molecule has 2 aromatic carbocycles. The van der Waals surface area contributed by atoms with Crippen molar-refractivity contribution < 1.29 is 19.1 Å². The van der Waals surface area contributed by atoms with Crippen LogP contribution in [0.3, 0.4) is 0 Å². The number of amides is 3. The van der Waals surface area contributed by atoms with Gasteiger partial charge in [-0.05, 0) is 42.3 Å². The normalized spacial score (nSPS) is 14.5. The second-order valence-corrected chi connectivity index (χ2v) is 10.3. The van der Waals surface area contributed by atoms with Crippen molar-refractivity contribution in [1.82, 2.24) is 25.7 Å². The minimum atomic E-state index is -0.353. The van der Waals surface area contributed by atoms with Gasteiger partial charge >= 0.3 is 0 Å². The van der Waals surface area contributed by atoms with Gasteiger partial charge in [-0.1, -0.05) is 60.0 Å². The number of hydrazine groups is 1. The number of nitrogens with one attached hydrogen (secondary N) is 3. The van der Waals surface area contributed by atoms with Gasteiger partial charge in [0.05, 0.1) is 28.8 Å². The van der Waals surface area contributed by atoms with E-state index in [2.05, 4.69) is 20.8 Å². The Balaban J connectivity index is 1.18. The average Bonchev–Trinajstić information content (AvgIpc) is 3.42. The van der Waals surface area contributed by atoms with Crippen LogP contribution >= 0.6 is 35.7 Å². The van der Waals surface area contributed by atoms with Crippen LogP contribution in [0.4, 0.5) is 0 Å². The highest BCUT2D eigenvalue weighted by Crippen LogP contribution is 2.33. The van der Waals surface area contributed by atoms with E-state index in [1.165, 1.54) is 28.4 Å². The molecule has 0 saturated carbocycles. The lowest BCUT2D eigenvalue weighted by atomic mass is 10.2. The van der Waals surface area contributed by atoms with Gasteiger partial charge in [0.25, 0.3) is 5.91 Å². The van der Waals surface area contributed by atoms with Gasteiger partial charge in [0.2, 0.25) is 11.8 Å². The fraction of sp³-hybridized carbons (Fsp3) is 0.208. The molecule has 0 bridgehead atoms. The molecule has 1 aliphatic heterocycles. The summed E-state index contributed by atoms with van der Waals surface area (Å²) in [6, 6.07) is 15.0. The summed E-state index contributed by atoms with van der Waals surface area (Å²) in [6.45, 7) is 0.309. The van der Waals surface area contributed by atoms with Crippen molar-refractivity contribution in [3.05, 3.63) is 59.0 Å². The summed E-state index contributed by atoms with van der Waals surface area (Å²) in [5, 5.41) is 0.626. The molecule has 0 unspecified atom stereocenters. The van der Waals surface area contributed by atoms with E-state index < -0.39 is 0 Å². The van der Waals surface area contributed by atoms with Crippen LogP contribution in [0.15, 0.2) is 58.6 Å². The summed E-state index contributed by atoms with van der Waals surface area (Å²) in [5.74, 6) is -0.103. The van der Waals surface area contributed by atoms with Gasteiger partial charge in [-0.15, -0.1) is 0 Å². The zero-order chi connectivity index (χ0) is 25.5. The van der Waals surface area contributed by atoms with E-state index in [0.717, 1.165) is 16.6 Å². The summed E-state index contributed by atoms with van der Waals surface area (Å²) in [7, 11) is 1.58. The fourth-order valence-electron chi connectivity index (χ4n) is 3.34. The number of thioether (sulfide) groups is 2. The summed E-state index contributed by atoms with van der Waals surface area (Å²) >= 11 is 7.82. The van der Waals surface area contributed by atoms with Gasteiger partial charge in [0, 0.05) is 13.0 Å². The maximum absolute atomic E-state index is 12.8. The molecular formula is C24H23N5O4S3. The van der Waals surface area contributed by atoms with E-state index >= 15 is 0 Å². The lowest BCUT2D eigenvalue weighted by Gasteiger charge is -2.14. The van der Waals surface area contributed by atoms with E-state index in [1.54, 1.807) is 13.2 Å². The molecular weight excluding hydrogens is 518 g/mol. The highest BCUT2D eigenvalue weighted by atomic mass is 32.2. The number of benzene rings is 2. The number of aromatic amines is 1. The van der Waals surface area contributed by atoms with E-state index in [9.17, 15) is 14.4 Å². The Morgan fingerprint density at radius 2 is 2.00 bits per heavy atom. The first-order valence-corrected chi connectivity index (χ1v) is 13.2. The summed E-state index contributed by atoms with van der Waals surface area (Å²) in [4.78, 5) is 46.5. The number of carbonyl (C=O) groups excluding carboxylic acids is 3. The smallest absolute Gasteiger partial charge is 0.266 e. The quantitative estimate of drug-likeness (QED) is 0.163. The number of carbonyl (C=O) groups is 3. The number of imidazole rings is 1.